The van der Waals surface area contributed by atoms with Gasteiger partial charge in [-0.05, 0) is 48.1 Å². The van der Waals surface area contributed by atoms with Crippen molar-refractivity contribution in [3.8, 4) is 0 Å². The van der Waals surface area contributed by atoms with Crippen LogP contribution < -0.4 is 0 Å². The molecule has 25 heavy (non-hydrogen) atoms. The van der Waals surface area contributed by atoms with Gasteiger partial charge in [-0.15, -0.1) is 11.3 Å². The highest BCUT2D eigenvalue weighted by Gasteiger charge is 2.27. The fourth-order valence-corrected chi connectivity index (χ4v) is 4.36. The quantitative estimate of drug-likeness (QED) is 0.646. The monoisotopic (exact) mass is 368 g/mol. The molecule has 1 atom stereocenters. The summed E-state index contributed by atoms with van der Waals surface area (Å²) in [5.41, 5.74) is 1.15. The lowest BCUT2D eigenvalue weighted by atomic mass is 10.2. The van der Waals surface area contributed by atoms with Crippen LogP contribution in [0.25, 0.3) is 12.2 Å². The minimum Gasteiger partial charge on any atom is -0.278 e. The number of benzene rings is 1. The van der Waals surface area contributed by atoms with Gasteiger partial charge in [0.05, 0.1) is 6.67 Å². The molecule has 128 valence electrons. The predicted molar refractivity (Wildman–Crippen MR) is 106 cm³/mol. The number of hydrogen-bond acceptors (Lipinski definition) is 4. The predicted octanol–water partition coefficient (Wildman–Crippen LogP) is 4.97. The molecular formula is C19H20N4S2. The third-order valence-electron chi connectivity index (χ3n) is 4.49. The smallest absolute Gasteiger partial charge is 0.217 e. The average molecular weight is 369 g/mol. The fraction of sp³-hybridized carbons (Fsp3) is 0.263. The Bertz CT molecular complexity index is 893. The van der Waals surface area contributed by atoms with E-state index in [0.29, 0.717) is 10.8 Å². The molecule has 2 aromatic heterocycles. The van der Waals surface area contributed by atoms with Crippen LogP contribution in [0.3, 0.4) is 0 Å². The molecule has 1 fully saturated rings. The van der Waals surface area contributed by atoms with Gasteiger partial charge in [-0.25, -0.2) is 4.68 Å². The summed E-state index contributed by atoms with van der Waals surface area (Å²) in [6, 6.07) is 15.1. The highest BCUT2D eigenvalue weighted by molar-refractivity contribution is 7.71. The zero-order valence-electron chi connectivity index (χ0n) is 13.8. The fourth-order valence-electron chi connectivity index (χ4n) is 3.26. The zero-order valence-corrected chi connectivity index (χ0v) is 15.5. The van der Waals surface area contributed by atoms with Gasteiger partial charge >= 0.3 is 0 Å². The molecule has 1 aliphatic rings. The van der Waals surface area contributed by atoms with Crippen molar-refractivity contribution < 1.29 is 0 Å². The number of thiophene rings is 1. The Morgan fingerprint density at radius 3 is 2.88 bits per heavy atom. The van der Waals surface area contributed by atoms with E-state index in [4.69, 9.17) is 12.2 Å². The van der Waals surface area contributed by atoms with Crippen LogP contribution in [0.15, 0.2) is 47.8 Å². The summed E-state index contributed by atoms with van der Waals surface area (Å²) in [6.45, 7) is 1.85. The van der Waals surface area contributed by atoms with Crippen LogP contribution in [-0.4, -0.2) is 26.2 Å². The average Bonchev–Trinajstić information content (AvgIpc) is 3.36. The number of aromatic amines is 1. The zero-order chi connectivity index (χ0) is 17.1. The van der Waals surface area contributed by atoms with E-state index in [1.54, 1.807) is 0 Å². The molecule has 0 saturated carbocycles. The number of H-pyrrole nitrogens is 1. The van der Waals surface area contributed by atoms with Crippen LogP contribution in [-0.2, 0) is 6.67 Å². The van der Waals surface area contributed by atoms with E-state index < -0.39 is 0 Å². The van der Waals surface area contributed by atoms with Gasteiger partial charge in [0.25, 0.3) is 0 Å². The van der Waals surface area contributed by atoms with Crippen molar-refractivity contribution in [1.29, 1.82) is 0 Å². The molecule has 1 aromatic carbocycles. The number of rotatable bonds is 5. The van der Waals surface area contributed by atoms with Gasteiger partial charge in [0.15, 0.2) is 0 Å². The third kappa shape index (κ3) is 3.81. The minimum atomic E-state index is 0.494. The molecule has 1 aliphatic heterocycles. The van der Waals surface area contributed by atoms with Gasteiger partial charge in [-0.1, -0.05) is 42.5 Å². The molecule has 1 N–H and O–H groups in total. The van der Waals surface area contributed by atoms with Gasteiger partial charge in [0.2, 0.25) is 4.77 Å². The third-order valence-corrected chi connectivity index (χ3v) is 5.77. The SMILES string of the molecule is S=c1nc(/C=C/c2ccccc2)[nH]n1CN1CCCC1c1cccs1. The standard InChI is InChI=1S/C19H20N4S2/c24-19-20-18(11-10-15-6-2-1-3-7-15)21-23(19)14-22-12-4-8-16(22)17-9-5-13-25-17/h1-3,5-7,9-11,13,16H,4,8,12,14H2,(H,20,21,24)/b11-10+. The van der Waals surface area contributed by atoms with Crippen molar-refractivity contribution in [3.63, 3.8) is 0 Å². The molecule has 0 amide bonds. The van der Waals surface area contributed by atoms with Crippen molar-refractivity contribution in [2.75, 3.05) is 6.54 Å². The first-order valence-corrected chi connectivity index (χ1v) is 9.76. The Balaban J connectivity index is 1.49. The van der Waals surface area contributed by atoms with E-state index >= 15 is 0 Å². The van der Waals surface area contributed by atoms with E-state index in [1.165, 1.54) is 17.7 Å². The number of hydrogen-bond donors (Lipinski definition) is 1. The Kier molecular flexibility index (Phi) is 4.92. The second-order valence-electron chi connectivity index (χ2n) is 6.19. The second kappa shape index (κ2) is 7.47. The second-order valence-corrected chi connectivity index (χ2v) is 7.54. The highest BCUT2D eigenvalue weighted by Crippen LogP contribution is 2.34. The van der Waals surface area contributed by atoms with Gasteiger partial charge in [0.1, 0.15) is 5.82 Å². The highest BCUT2D eigenvalue weighted by atomic mass is 32.1. The number of nitrogens with one attached hydrogen (secondary N) is 1. The molecule has 1 unspecified atom stereocenters. The summed E-state index contributed by atoms with van der Waals surface area (Å²) in [5.74, 6) is 0.792. The maximum atomic E-state index is 5.44. The van der Waals surface area contributed by atoms with Gasteiger partial charge < -0.3 is 0 Å². The maximum Gasteiger partial charge on any atom is 0.217 e. The summed E-state index contributed by atoms with van der Waals surface area (Å²) in [7, 11) is 0. The van der Waals surface area contributed by atoms with Gasteiger partial charge in [0, 0.05) is 17.5 Å². The summed E-state index contributed by atoms with van der Waals surface area (Å²) < 4.78 is 2.57. The van der Waals surface area contributed by atoms with Crippen LogP contribution in [0.5, 0.6) is 0 Å². The van der Waals surface area contributed by atoms with Crippen molar-refractivity contribution in [3.05, 3.63) is 68.9 Å². The minimum absolute atomic E-state index is 0.494. The first kappa shape index (κ1) is 16.4. The van der Waals surface area contributed by atoms with Crippen LogP contribution in [0.2, 0.25) is 0 Å². The topological polar surface area (TPSA) is 36.9 Å². The molecule has 6 heteroatoms. The summed E-state index contributed by atoms with van der Waals surface area (Å²) in [4.78, 5) is 8.38. The molecule has 0 aliphatic carbocycles. The lowest BCUT2D eigenvalue weighted by molar-refractivity contribution is 0.192. The van der Waals surface area contributed by atoms with Crippen molar-refractivity contribution >= 4 is 35.7 Å². The van der Waals surface area contributed by atoms with E-state index in [2.05, 4.69) is 44.6 Å². The molecule has 0 spiro atoms. The summed E-state index contributed by atoms with van der Waals surface area (Å²) in [6.07, 6.45) is 6.46. The molecular weight excluding hydrogens is 348 g/mol. The van der Waals surface area contributed by atoms with Crippen LogP contribution in [0.4, 0.5) is 0 Å². The first-order valence-electron chi connectivity index (χ1n) is 8.47. The molecule has 3 heterocycles. The Hall–Kier alpha value is -2.02. The van der Waals surface area contributed by atoms with Crippen molar-refractivity contribution in [1.82, 2.24) is 19.7 Å². The molecule has 0 radical (unpaired) electrons. The van der Waals surface area contributed by atoms with Crippen molar-refractivity contribution in [2.45, 2.75) is 25.6 Å². The van der Waals surface area contributed by atoms with E-state index in [0.717, 1.165) is 24.6 Å². The number of likely N-dealkylation sites (tertiary alicyclic amines) is 1. The Morgan fingerprint density at radius 1 is 1.20 bits per heavy atom. The largest absolute Gasteiger partial charge is 0.278 e. The molecule has 4 rings (SSSR count). The summed E-state index contributed by atoms with van der Waals surface area (Å²) in [5, 5.41) is 5.47. The maximum absolute atomic E-state index is 5.44. The van der Waals surface area contributed by atoms with E-state index in [-0.39, 0.29) is 0 Å². The first-order chi connectivity index (χ1) is 12.3. The van der Waals surface area contributed by atoms with E-state index in [1.807, 2.05) is 46.4 Å². The molecule has 3 aromatic rings. The van der Waals surface area contributed by atoms with Gasteiger partial charge in [-0.2, -0.15) is 4.98 Å². The molecule has 1 saturated heterocycles. The molecule has 4 nitrogen and oxygen atoms in total. The molecule has 0 bridgehead atoms. The summed E-state index contributed by atoms with van der Waals surface area (Å²) >= 11 is 7.28. The Labute approximate surface area is 156 Å². The van der Waals surface area contributed by atoms with Gasteiger partial charge in [-0.3, -0.25) is 10.00 Å². The van der Waals surface area contributed by atoms with Crippen LogP contribution >= 0.6 is 23.6 Å². The normalized spacial score (nSPS) is 18.3. The Morgan fingerprint density at radius 2 is 2.08 bits per heavy atom. The van der Waals surface area contributed by atoms with Crippen LogP contribution in [0.1, 0.15) is 35.1 Å². The number of nitrogens with zero attached hydrogens (tertiary/aromatic N) is 3. The van der Waals surface area contributed by atoms with Crippen molar-refractivity contribution in [2.24, 2.45) is 0 Å². The lowest BCUT2D eigenvalue weighted by Crippen LogP contribution is -2.26. The van der Waals surface area contributed by atoms with E-state index in [9.17, 15) is 0 Å². The lowest BCUT2D eigenvalue weighted by Gasteiger charge is -2.23. The van der Waals surface area contributed by atoms with Crippen LogP contribution in [0, 0.1) is 4.77 Å². The number of aromatic nitrogens is 3.